The Morgan fingerprint density at radius 3 is 3.07 bits per heavy atom. The zero-order valence-electron chi connectivity index (χ0n) is 7.87. The quantitative estimate of drug-likeness (QED) is 0.812. The standard InChI is InChI=1S/C10H11NO2S/c1-7-9(2-4-13-7)10(12)11-8-3-5-14-6-8/h3,5-6H,2,4H2,1H3,(H,11,12). The van der Waals surface area contributed by atoms with E-state index in [1.54, 1.807) is 11.3 Å². The van der Waals surface area contributed by atoms with E-state index < -0.39 is 0 Å². The van der Waals surface area contributed by atoms with Crippen molar-refractivity contribution in [3.8, 4) is 0 Å². The highest BCUT2D eigenvalue weighted by Gasteiger charge is 2.19. The van der Waals surface area contributed by atoms with Gasteiger partial charge in [-0.25, -0.2) is 0 Å². The molecule has 0 aromatic carbocycles. The van der Waals surface area contributed by atoms with Gasteiger partial charge in [-0.05, 0) is 18.4 Å². The van der Waals surface area contributed by atoms with Gasteiger partial charge in [0.25, 0.3) is 5.91 Å². The number of hydrogen-bond acceptors (Lipinski definition) is 3. The van der Waals surface area contributed by atoms with Crippen LogP contribution in [0.2, 0.25) is 0 Å². The molecule has 0 radical (unpaired) electrons. The summed E-state index contributed by atoms with van der Waals surface area (Å²) in [4.78, 5) is 11.7. The van der Waals surface area contributed by atoms with Gasteiger partial charge in [-0.1, -0.05) is 0 Å². The number of rotatable bonds is 2. The molecule has 0 saturated heterocycles. The first-order chi connectivity index (χ1) is 6.77. The zero-order chi connectivity index (χ0) is 9.97. The number of carbonyl (C=O) groups is 1. The highest BCUT2D eigenvalue weighted by molar-refractivity contribution is 7.08. The molecule has 1 aromatic rings. The minimum atomic E-state index is -0.0431. The summed E-state index contributed by atoms with van der Waals surface area (Å²) in [5.41, 5.74) is 1.61. The molecule has 3 nitrogen and oxygen atoms in total. The van der Waals surface area contributed by atoms with E-state index in [0.717, 1.165) is 17.0 Å². The smallest absolute Gasteiger partial charge is 0.255 e. The van der Waals surface area contributed by atoms with Crippen molar-refractivity contribution in [2.45, 2.75) is 13.3 Å². The molecular formula is C10H11NO2S. The van der Waals surface area contributed by atoms with Crippen molar-refractivity contribution in [1.82, 2.24) is 0 Å². The van der Waals surface area contributed by atoms with Crippen molar-refractivity contribution in [3.05, 3.63) is 28.2 Å². The van der Waals surface area contributed by atoms with Gasteiger partial charge in [0.05, 0.1) is 17.9 Å². The summed E-state index contributed by atoms with van der Waals surface area (Å²) in [6, 6.07) is 1.88. The minimum Gasteiger partial charge on any atom is -0.497 e. The van der Waals surface area contributed by atoms with E-state index in [2.05, 4.69) is 5.32 Å². The van der Waals surface area contributed by atoms with Gasteiger partial charge in [0.1, 0.15) is 5.76 Å². The average Bonchev–Trinajstić information content (AvgIpc) is 2.75. The Balaban J connectivity index is 2.06. The van der Waals surface area contributed by atoms with Crippen molar-refractivity contribution in [3.63, 3.8) is 0 Å². The number of ether oxygens (including phenoxy) is 1. The van der Waals surface area contributed by atoms with Crippen LogP contribution in [-0.4, -0.2) is 12.5 Å². The van der Waals surface area contributed by atoms with Gasteiger partial charge in [0.15, 0.2) is 0 Å². The fraction of sp³-hybridized carbons (Fsp3) is 0.300. The first kappa shape index (κ1) is 9.27. The molecule has 1 aliphatic rings. The van der Waals surface area contributed by atoms with E-state index in [1.807, 2.05) is 23.8 Å². The number of anilines is 1. The van der Waals surface area contributed by atoms with Gasteiger partial charge < -0.3 is 10.1 Å². The van der Waals surface area contributed by atoms with E-state index in [1.165, 1.54) is 0 Å². The summed E-state index contributed by atoms with van der Waals surface area (Å²) in [6.07, 6.45) is 0.710. The van der Waals surface area contributed by atoms with E-state index >= 15 is 0 Å². The molecule has 4 heteroatoms. The van der Waals surface area contributed by atoms with Crippen molar-refractivity contribution >= 4 is 22.9 Å². The molecule has 1 N–H and O–H groups in total. The second-order valence-corrected chi connectivity index (χ2v) is 3.88. The van der Waals surface area contributed by atoms with Crippen molar-refractivity contribution in [2.75, 3.05) is 11.9 Å². The lowest BCUT2D eigenvalue weighted by Crippen LogP contribution is -2.13. The van der Waals surface area contributed by atoms with E-state index in [4.69, 9.17) is 4.74 Å². The SMILES string of the molecule is CC1=C(C(=O)Nc2ccsc2)CCO1. The number of nitrogens with one attached hydrogen (secondary N) is 1. The minimum absolute atomic E-state index is 0.0431. The molecule has 2 heterocycles. The molecule has 14 heavy (non-hydrogen) atoms. The summed E-state index contributed by atoms with van der Waals surface area (Å²) in [5, 5.41) is 6.67. The predicted octanol–water partition coefficient (Wildman–Crippen LogP) is 2.38. The lowest BCUT2D eigenvalue weighted by atomic mass is 10.2. The summed E-state index contributed by atoms with van der Waals surface area (Å²) in [7, 11) is 0. The summed E-state index contributed by atoms with van der Waals surface area (Å²) >= 11 is 1.56. The van der Waals surface area contributed by atoms with Crippen molar-refractivity contribution in [2.24, 2.45) is 0 Å². The van der Waals surface area contributed by atoms with Crippen LogP contribution < -0.4 is 5.32 Å². The third-order valence-corrected chi connectivity index (χ3v) is 2.83. The van der Waals surface area contributed by atoms with Crippen LogP contribution in [0.1, 0.15) is 13.3 Å². The molecule has 0 fully saturated rings. The van der Waals surface area contributed by atoms with Crippen LogP contribution in [0.5, 0.6) is 0 Å². The summed E-state index contributed by atoms with van der Waals surface area (Å²) < 4.78 is 5.23. The molecular weight excluding hydrogens is 198 g/mol. The summed E-state index contributed by atoms with van der Waals surface area (Å²) in [6.45, 7) is 2.45. The monoisotopic (exact) mass is 209 g/mol. The average molecular weight is 209 g/mol. The number of allylic oxidation sites excluding steroid dienone is 1. The van der Waals surface area contributed by atoms with Crippen LogP contribution in [0.4, 0.5) is 5.69 Å². The van der Waals surface area contributed by atoms with Gasteiger partial charge in [0, 0.05) is 11.8 Å². The fourth-order valence-electron chi connectivity index (χ4n) is 1.38. The Hall–Kier alpha value is -1.29. The fourth-order valence-corrected chi connectivity index (χ4v) is 1.97. The molecule has 74 valence electrons. The van der Waals surface area contributed by atoms with Crippen LogP contribution in [0.15, 0.2) is 28.2 Å². The maximum atomic E-state index is 11.7. The van der Waals surface area contributed by atoms with Crippen LogP contribution in [0.3, 0.4) is 0 Å². The van der Waals surface area contributed by atoms with Crippen LogP contribution >= 0.6 is 11.3 Å². The zero-order valence-corrected chi connectivity index (χ0v) is 8.69. The maximum Gasteiger partial charge on any atom is 0.255 e. The molecule has 0 saturated carbocycles. The highest BCUT2D eigenvalue weighted by Crippen LogP contribution is 2.21. The van der Waals surface area contributed by atoms with Crippen molar-refractivity contribution < 1.29 is 9.53 Å². The Morgan fingerprint density at radius 2 is 2.50 bits per heavy atom. The molecule has 0 unspecified atom stereocenters. The van der Waals surface area contributed by atoms with Crippen LogP contribution in [0.25, 0.3) is 0 Å². The van der Waals surface area contributed by atoms with Gasteiger partial charge in [-0.2, -0.15) is 11.3 Å². The number of carbonyl (C=O) groups excluding carboxylic acids is 1. The van der Waals surface area contributed by atoms with Gasteiger partial charge in [-0.3, -0.25) is 4.79 Å². The van der Waals surface area contributed by atoms with Crippen LogP contribution in [-0.2, 0) is 9.53 Å². The van der Waals surface area contributed by atoms with Gasteiger partial charge in [-0.15, -0.1) is 0 Å². The second kappa shape index (κ2) is 3.84. The van der Waals surface area contributed by atoms with Gasteiger partial charge >= 0.3 is 0 Å². The number of amides is 1. The van der Waals surface area contributed by atoms with Gasteiger partial charge in [0.2, 0.25) is 0 Å². The first-order valence-electron chi connectivity index (χ1n) is 4.43. The third-order valence-electron chi connectivity index (χ3n) is 2.15. The number of hydrogen-bond donors (Lipinski definition) is 1. The molecule has 0 bridgehead atoms. The van der Waals surface area contributed by atoms with E-state index in [9.17, 15) is 4.79 Å². The Morgan fingerprint density at radius 1 is 1.64 bits per heavy atom. The molecule has 1 amide bonds. The highest BCUT2D eigenvalue weighted by atomic mass is 32.1. The maximum absolute atomic E-state index is 11.7. The molecule has 1 aliphatic heterocycles. The molecule has 1 aromatic heterocycles. The summed E-state index contributed by atoms with van der Waals surface area (Å²) in [5.74, 6) is 0.705. The molecule has 2 rings (SSSR count). The van der Waals surface area contributed by atoms with E-state index in [0.29, 0.717) is 13.0 Å². The normalized spacial score (nSPS) is 15.5. The second-order valence-electron chi connectivity index (χ2n) is 3.10. The van der Waals surface area contributed by atoms with E-state index in [-0.39, 0.29) is 5.91 Å². The Kier molecular flexibility index (Phi) is 2.54. The Bertz CT molecular complexity index is 367. The number of thiophene rings is 1. The largest absolute Gasteiger partial charge is 0.497 e. The lowest BCUT2D eigenvalue weighted by Gasteiger charge is -2.02. The lowest BCUT2D eigenvalue weighted by molar-refractivity contribution is -0.113. The topological polar surface area (TPSA) is 38.3 Å². The molecule has 0 atom stereocenters. The molecule has 0 aliphatic carbocycles. The first-order valence-corrected chi connectivity index (χ1v) is 5.38. The molecule has 0 spiro atoms. The third kappa shape index (κ3) is 1.80. The Labute approximate surface area is 86.4 Å². The predicted molar refractivity (Wildman–Crippen MR) is 56.2 cm³/mol. The van der Waals surface area contributed by atoms with Crippen LogP contribution in [0, 0.1) is 0 Å². The van der Waals surface area contributed by atoms with Crippen molar-refractivity contribution in [1.29, 1.82) is 0 Å².